The van der Waals surface area contributed by atoms with Gasteiger partial charge in [-0.05, 0) is 60.4 Å². The minimum atomic E-state index is -1.30. The molecule has 10 nitrogen and oxygen atoms in total. The molecule has 0 aliphatic carbocycles. The zero-order chi connectivity index (χ0) is 31.3. The molecular weight excluding hydrogens is 567 g/mol. The zero-order valence-electron chi connectivity index (χ0n) is 24.3. The van der Waals surface area contributed by atoms with Crippen LogP contribution in [0.25, 0.3) is 0 Å². The van der Waals surface area contributed by atoms with Crippen molar-refractivity contribution in [3.8, 4) is 11.5 Å². The predicted octanol–water partition coefficient (Wildman–Crippen LogP) is 3.13. The summed E-state index contributed by atoms with van der Waals surface area (Å²) in [4.78, 5) is 53.2. The van der Waals surface area contributed by atoms with Crippen molar-refractivity contribution in [3.63, 3.8) is 0 Å². The second-order valence-corrected chi connectivity index (χ2v) is 10.6. The summed E-state index contributed by atoms with van der Waals surface area (Å²) in [6.07, 6.45) is 2.89. The number of carbonyl (C=O) groups is 4. The number of nitrogens with one attached hydrogen (secondary N) is 4. The van der Waals surface area contributed by atoms with E-state index in [0.29, 0.717) is 30.0 Å². The van der Waals surface area contributed by atoms with Crippen molar-refractivity contribution in [3.05, 3.63) is 95.3 Å². The van der Waals surface area contributed by atoms with Crippen LogP contribution < -0.4 is 26.0 Å². The van der Waals surface area contributed by atoms with E-state index in [4.69, 9.17) is 4.74 Å². The molecule has 44 heavy (non-hydrogen) atoms. The average molecular weight is 605 g/mol. The highest BCUT2D eigenvalue weighted by Crippen LogP contribution is 2.19. The van der Waals surface area contributed by atoms with Gasteiger partial charge >= 0.3 is 0 Å². The first-order chi connectivity index (χ1) is 21.3. The van der Waals surface area contributed by atoms with Crippen LogP contribution in [-0.4, -0.2) is 54.0 Å². The van der Waals surface area contributed by atoms with Gasteiger partial charge in [0.1, 0.15) is 29.4 Å². The Labute approximate surface area is 255 Å². The summed E-state index contributed by atoms with van der Waals surface area (Å²) in [5.41, 5.74) is 1.55. The Bertz CT molecular complexity index is 1430. The van der Waals surface area contributed by atoms with E-state index >= 15 is 0 Å². The van der Waals surface area contributed by atoms with E-state index in [1.165, 1.54) is 36.4 Å². The maximum absolute atomic E-state index is 13.4. The lowest BCUT2D eigenvalue weighted by atomic mass is 10.0. The minimum absolute atomic E-state index is 0.0404. The molecular formula is C33H37FN4O6. The number of benzene rings is 3. The number of ether oxygens (including phenoxy) is 1. The number of hydrogen-bond donors (Lipinski definition) is 5. The number of para-hydroxylation sites is 1. The van der Waals surface area contributed by atoms with E-state index in [9.17, 15) is 28.7 Å². The number of phenolic OH excluding ortho intramolecular Hbond substituents is 1. The second kappa shape index (κ2) is 16.1. The number of hydrogen-bond acceptors (Lipinski definition) is 6. The van der Waals surface area contributed by atoms with Crippen LogP contribution in [0.2, 0.25) is 0 Å². The van der Waals surface area contributed by atoms with Gasteiger partial charge in [0.2, 0.25) is 17.7 Å². The molecule has 0 unspecified atom stereocenters. The van der Waals surface area contributed by atoms with E-state index in [1.54, 1.807) is 36.4 Å². The third kappa shape index (κ3) is 9.82. The van der Waals surface area contributed by atoms with Crippen LogP contribution in [0.1, 0.15) is 53.6 Å². The molecule has 0 bridgehead atoms. The Hall–Kier alpha value is -4.93. The van der Waals surface area contributed by atoms with Crippen molar-refractivity contribution in [1.82, 2.24) is 21.3 Å². The van der Waals surface area contributed by atoms with Crippen LogP contribution >= 0.6 is 0 Å². The van der Waals surface area contributed by atoms with Gasteiger partial charge in [0.25, 0.3) is 5.91 Å². The normalized spacial score (nSPS) is 18.7. The highest BCUT2D eigenvalue weighted by molar-refractivity contribution is 6.01. The summed E-state index contributed by atoms with van der Waals surface area (Å²) in [6.45, 7) is 0.850. The topological polar surface area (TPSA) is 146 Å². The third-order valence-corrected chi connectivity index (χ3v) is 7.18. The maximum Gasteiger partial charge on any atom is 0.255 e. The van der Waals surface area contributed by atoms with Crippen LogP contribution in [-0.2, 0) is 27.3 Å². The van der Waals surface area contributed by atoms with Crippen LogP contribution in [0.4, 0.5) is 4.39 Å². The van der Waals surface area contributed by atoms with Crippen molar-refractivity contribution in [2.24, 2.45) is 0 Å². The van der Waals surface area contributed by atoms with E-state index in [-0.39, 0.29) is 30.2 Å². The Kier molecular flexibility index (Phi) is 11.7. The van der Waals surface area contributed by atoms with E-state index in [0.717, 1.165) is 25.7 Å². The Balaban J connectivity index is 1.56. The SMILES string of the molecule is O=C1C[C@@H](C(=O)NCc2ccc(F)cc2)NC(=O)c2ccccc2OCCCCCCNC(=O)[C@H](Cc2ccc(O)cc2)N1. The smallest absolute Gasteiger partial charge is 0.255 e. The van der Waals surface area contributed by atoms with Gasteiger partial charge < -0.3 is 31.1 Å². The monoisotopic (exact) mass is 604 g/mol. The first-order valence-electron chi connectivity index (χ1n) is 14.7. The Morgan fingerprint density at radius 1 is 0.886 bits per heavy atom. The molecule has 11 heteroatoms. The summed E-state index contributed by atoms with van der Waals surface area (Å²) in [5.74, 6) is -2.23. The molecule has 0 saturated carbocycles. The van der Waals surface area contributed by atoms with Crippen LogP contribution in [0.15, 0.2) is 72.8 Å². The first-order valence-corrected chi connectivity index (χ1v) is 14.7. The summed E-state index contributed by atoms with van der Waals surface area (Å²) in [7, 11) is 0. The van der Waals surface area contributed by atoms with Crippen molar-refractivity contribution in [2.75, 3.05) is 13.2 Å². The summed E-state index contributed by atoms with van der Waals surface area (Å²) in [6, 6.07) is 16.3. The van der Waals surface area contributed by atoms with Crippen LogP contribution in [0.5, 0.6) is 11.5 Å². The highest BCUT2D eigenvalue weighted by atomic mass is 19.1. The summed E-state index contributed by atoms with van der Waals surface area (Å²) >= 11 is 0. The minimum Gasteiger partial charge on any atom is -0.508 e. The second-order valence-electron chi connectivity index (χ2n) is 10.6. The van der Waals surface area contributed by atoms with Crippen LogP contribution in [0.3, 0.4) is 0 Å². The predicted molar refractivity (Wildman–Crippen MR) is 161 cm³/mol. The van der Waals surface area contributed by atoms with Gasteiger partial charge in [-0.3, -0.25) is 19.2 Å². The number of phenols is 1. The van der Waals surface area contributed by atoms with Crippen molar-refractivity contribution < 1.29 is 33.4 Å². The molecule has 0 spiro atoms. The molecule has 1 aliphatic rings. The molecule has 3 aromatic rings. The fourth-order valence-electron chi connectivity index (χ4n) is 4.75. The number of halogens is 1. The van der Waals surface area contributed by atoms with Gasteiger partial charge in [-0.15, -0.1) is 0 Å². The van der Waals surface area contributed by atoms with Crippen molar-refractivity contribution in [1.29, 1.82) is 0 Å². The Morgan fingerprint density at radius 2 is 1.59 bits per heavy atom. The number of amides is 4. The van der Waals surface area contributed by atoms with E-state index < -0.39 is 42.0 Å². The molecule has 3 aromatic carbocycles. The molecule has 0 aromatic heterocycles. The zero-order valence-corrected chi connectivity index (χ0v) is 24.3. The lowest BCUT2D eigenvalue weighted by molar-refractivity contribution is -0.131. The van der Waals surface area contributed by atoms with Gasteiger partial charge in [0.15, 0.2) is 0 Å². The molecule has 1 aliphatic heterocycles. The van der Waals surface area contributed by atoms with Gasteiger partial charge in [0, 0.05) is 19.5 Å². The van der Waals surface area contributed by atoms with Gasteiger partial charge in [0.05, 0.1) is 18.6 Å². The maximum atomic E-state index is 13.4. The van der Waals surface area contributed by atoms with E-state index in [2.05, 4.69) is 21.3 Å². The van der Waals surface area contributed by atoms with E-state index in [1.807, 2.05) is 0 Å². The largest absolute Gasteiger partial charge is 0.508 e. The molecule has 232 valence electrons. The lowest BCUT2D eigenvalue weighted by Crippen LogP contribution is -2.52. The average Bonchev–Trinajstić information content (AvgIpc) is 3.02. The van der Waals surface area contributed by atoms with Crippen molar-refractivity contribution >= 4 is 23.6 Å². The fraction of sp³-hybridized carbons (Fsp3) is 0.333. The van der Waals surface area contributed by atoms with Gasteiger partial charge in [-0.1, -0.05) is 49.2 Å². The molecule has 4 rings (SSSR count). The molecule has 2 atom stereocenters. The third-order valence-electron chi connectivity index (χ3n) is 7.18. The first kappa shape index (κ1) is 32.0. The Morgan fingerprint density at radius 3 is 2.36 bits per heavy atom. The fourth-order valence-corrected chi connectivity index (χ4v) is 4.75. The number of rotatable bonds is 5. The van der Waals surface area contributed by atoms with Gasteiger partial charge in [-0.2, -0.15) is 0 Å². The number of fused-ring (bicyclic) bond motifs is 1. The number of aromatic hydroxyl groups is 1. The molecule has 5 N–H and O–H groups in total. The quantitative estimate of drug-likeness (QED) is 0.303. The molecule has 0 radical (unpaired) electrons. The highest BCUT2D eigenvalue weighted by Gasteiger charge is 2.28. The molecule has 1 heterocycles. The molecule has 0 saturated heterocycles. The standard InChI is InChI=1S/C33H37FN4O6/c34-24-13-9-23(10-14-24)21-36-33(43)28-20-30(40)37-27(19-22-11-15-25(39)16-12-22)32(42)35-17-5-1-2-6-18-44-29-8-4-3-7-26(29)31(41)38-28/h3-4,7-16,27-28,39H,1-2,5-6,17-21H2,(H,35,42)(H,36,43)(H,37,40)(H,38,41)/t27-,28-/m0/s1. The van der Waals surface area contributed by atoms with Crippen molar-refractivity contribution in [2.45, 2.75) is 57.2 Å². The molecule has 0 fully saturated rings. The van der Waals surface area contributed by atoms with Crippen LogP contribution in [0, 0.1) is 5.82 Å². The molecule has 4 amide bonds. The number of carbonyl (C=O) groups excluding carboxylic acids is 4. The lowest BCUT2D eigenvalue weighted by Gasteiger charge is -2.22. The van der Waals surface area contributed by atoms with Gasteiger partial charge in [-0.25, -0.2) is 4.39 Å². The summed E-state index contributed by atoms with van der Waals surface area (Å²) < 4.78 is 19.2. The summed E-state index contributed by atoms with van der Waals surface area (Å²) in [5, 5.41) is 20.6.